The van der Waals surface area contributed by atoms with Gasteiger partial charge in [-0.25, -0.2) is 8.42 Å². The van der Waals surface area contributed by atoms with E-state index in [0.717, 1.165) is 15.4 Å². The van der Waals surface area contributed by atoms with Crippen LogP contribution in [-0.4, -0.2) is 50.9 Å². The van der Waals surface area contributed by atoms with E-state index < -0.39 is 28.5 Å². The first-order valence-electron chi connectivity index (χ1n) is 12.5. The zero-order valence-corrected chi connectivity index (χ0v) is 24.3. The minimum absolute atomic E-state index is 0.00402. The highest BCUT2D eigenvalue weighted by Gasteiger charge is 2.34. The molecule has 0 spiro atoms. The van der Waals surface area contributed by atoms with Crippen LogP contribution in [-0.2, 0) is 26.2 Å². The monoisotopic (exact) mass is 571 g/mol. The van der Waals surface area contributed by atoms with Crippen LogP contribution in [0.5, 0.6) is 5.75 Å². The molecule has 3 aromatic carbocycles. The van der Waals surface area contributed by atoms with Crippen molar-refractivity contribution >= 4 is 39.1 Å². The van der Waals surface area contributed by atoms with Crippen molar-refractivity contribution in [1.29, 1.82) is 0 Å². The Morgan fingerprint density at radius 3 is 2.28 bits per heavy atom. The van der Waals surface area contributed by atoms with E-state index in [1.807, 2.05) is 45.0 Å². The summed E-state index contributed by atoms with van der Waals surface area (Å²) in [5.74, 6) is -0.684. The van der Waals surface area contributed by atoms with Gasteiger partial charge in [-0.1, -0.05) is 59.6 Å². The summed E-state index contributed by atoms with van der Waals surface area (Å²) in [4.78, 5) is 28.4. The Kier molecular flexibility index (Phi) is 9.99. The highest BCUT2D eigenvalue weighted by atomic mass is 35.5. The molecule has 0 aromatic heterocycles. The smallest absolute Gasteiger partial charge is 0.264 e. The maximum atomic E-state index is 14.0. The van der Waals surface area contributed by atoms with E-state index in [1.54, 1.807) is 37.3 Å². The first-order chi connectivity index (χ1) is 18.4. The Bertz CT molecular complexity index is 1410. The van der Waals surface area contributed by atoms with E-state index in [0.29, 0.717) is 0 Å². The molecule has 8 nitrogen and oxygen atoms in total. The van der Waals surface area contributed by atoms with Crippen molar-refractivity contribution in [3.63, 3.8) is 0 Å². The third-order valence-corrected chi connectivity index (χ3v) is 8.06. The van der Waals surface area contributed by atoms with Gasteiger partial charge in [-0.15, -0.1) is 0 Å². The fraction of sp³-hybridized carbons (Fsp3) is 0.310. The maximum absolute atomic E-state index is 14.0. The van der Waals surface area contributed by atoms with Gasteiger partial charge in [0.2, 0.25) is 11.8 Å². The lowest BCUT2D eigenvalue weighted by Crippen LogP contribution is -2.52. The lowest BCUT2D eigenvalue weighted by Gasteiger charge is -2.32. The molecule has 3 aromatic rings. The van der Waals surface area contributed by atoms with Crippen molar-refractivity contribution in [2.24, 2.45) is 0 Å². The highest BCUT2D eigenvalue weighted by Crippen LogP contribution is 2.35. The molecular formula is C29H34ClN3O5S. The number of sulfonamides is 1. The normalized spacial score (nSPS) is 12.1. The number of carbonyl (C=O) groups excluding carboxylic acids is 2. The SMILES string of the molecule is COc1ccc(Cl)cc1N(CC(=O)N(Cc1cccc(C)c1)[C@H](C)C(=O)NC(C)C)S(=O)(=O)c1ccccc1. The summed E-state index contributed by atoms with van der Waals surface area (Å²) in [5.41, 5.74) is 1.92. The maximum Gasteiger partial charge on any atom is 0.264 e. The molecule has 1 N–H and O–H groups in total. The van der Waals surface area contributed by atoms with Crippen molar-refractivity contribution < 1.29 is 22.7 Å². The second-order valence-electron chi connectivity index (χ2n) is 9.49. The Balaban J connectivity index is 2.09. The molecule has 0 bridgehead atoms. The number of methoxy groups -OCH3 is 1. The Labute approximate surface area is 235 Å². The summed E-state index contributed by atoms with van der Waals surface area (Å²) in [6.07, 6.45) is 0. The largest absolute Gasteiger partial charge is 0.495 e. The van der Waals surface area contributed by atoms with Crippen LogP contribution >= 0.6 is 11.6 Å². The van der Waals surface area contributed by atoms with Crippen molar-refractivity contribution in [1.82, 2.24) is 10.2 Å². The van der Waals surface area contributed by atoms with Gasteiger partial charge in [0.25, 0.3) is 10.0 Å². The molecule has 0 aliphatic rings. The lowest BCUT2D eigenvalue weighted by atomic mass is 10.1. The predicted molar refractivity (Wildman–Crippen MR) is 153 cm³/mol. The number of hydrogen-bond donors (Lipinski definition) is 1. The average molecular weight is 572 g/mol. The van der Waals surface area contributed by atoms with Gasteiger partial charge in [0.05, 0.1) is 17.7 Å². The van der Waals surface area contributed by atoms with E-state index in [-0.39, 0.29) is 39.8 Å². The molecule has 0 saturated heterocycles. The topological polar surface area (TPSA) is 96.0 Å². The van der Waals surface area contributed by atoms with Crippen LogP contribution in [0.25, 0.3) is 0 Å². The van der Waals surface area contributed by atoms with Gasteiger partial charge in [0.15, 0.2) is 0 Å². The number of nitrogens with zero attached hydrogens (tertiary/aromatic N) is 2. The summed E-state index contributed by atoms with van der Waals surface area (Å²) in [5, 5.41) is 3.11. The van der Waals surface area contributed by atoms with Crippen LogP contribution in [0.15, 0.2) is 77.7 Å². The van der Waals surface area contributed by atoms with Crippen LogP contribution in [0.3, 0.4) is 0 Å². The molecule has 1 atom stereocenters. The molecular weight excluding hydrogens is 538 g/mol. The summed E-state index contributed by atoms with van der Waals surface area (Å²) in [6.45, 7) is 6.75. The average Bonchev–Trinajstić information content (AvgIpc) is 2.90. The number of halogens is 1. The summed E-state index contributed by atoms with van der Waals surface area (Å²) in [7, 11) is -2.82. The number of rotatable bonds is 11. The Morgan fingerprint density at radius 2 is 1.67 bits per heavy atom. The second-order valence-corrected chi connectivity index (χ2v) is 11.8. The minimum atomic E-state index is -4.23. The first-order valence-corrected chi connectivity index (χ1v) is 14.3. The van der Waals surface area contributed by atoms with Gasteiger partial charge in [-0.05, 0) is 63.6 Å². The van der Waals surface area contributed by atoms with E-state index in [9.17, 15) is 18.0 Å². The number of aryl methyl sites for hydroxylation is 1. The third kappa shape index (κ3) is 7.52. The van der Waals surface area contributed by atoms with E-state index in [4.69, 9.17) is 16.3 Å². The van der Waals surface area contributed by atoms with Crippen molar-refractivity contribution in [2.75, 3.05) is 18.0 Å². The Morgan fingerprint density at radius 1 is 0.974 bits per heavy atom. The zero-order chi connectivity index (χ0) is 28.7. The highest BCUT2D eigenvalue weighted by molar-refractivity contribution is 7.92. The molecule has 0 aliphatic heterocycles. The fourth-order valence-electron chi connectivity index (χ4n) is 4.09. The van der Waals surface area contributed by atoms with E-state index in [1.165, 1.54) is 30.2 Å². The van der Waals surface area contributed by atoms with Gasteiger partial charge in [-0.3, -0.25) is 13.9 Å². The molecule has 3 rings (SSSR count). The quantitative estimate of drug-likeness (QED) is 0.357. The Hall–Kier alpha value is -3.56. The number of amides is 2. The van der Waals surface area contributed by atoms with Gasteiger partial charge >= 0.3 is 0 Å². The van der Waals surface area contributed by atoms with Crippen LogP contribution in [0.1, 0.15) is 31.9 Å². The molecule has 208 valence electrons. The first kappa shape index (κ1) is 30.0. The fourth-order valence-corrected chi connectivity index (χ4v) is 5.69. The molecule has 0 saturated carbocycles. The molecule has 0 heterocycles. The van der Waals surface area contributed by atoms with Crippen LogP contribution < -0.4 is 14.4 Å². The van der Waals surface area contributed by atoms with Crippen molar-refractivity contribution in [3.8, 4) is 5.75 Å². The van der Waals surface area contributed by atoms with E-state index in [2.05, 4.69) is 5.32 Å². The van der Waals surface area contributed by atoms with Gasteiger partial charge in [-0.2, -0.15) is 0 Å². The molecule has 0 radical (unpaired) electrons. The number of ether oxygens (including phenoxy) is 1. The number of anilines is 1. The summed E-state index contributed by atoms with van der Waals surface area (Å²) < 4.78 is 34.2. The molecule has 0 aliphatic carbocycles. The van der Waals surface area contributed by atoms with Gasteiger partial charge < -0.3 is 15.0 Å². The minimum Gasteiger partial charge on any atom is -0.495 e. The third-order valence-electron chi connectivity index (χ3n) is 6.05. The summed E-state index contributed by atoms with van der Waals surface area (Å²) >= 11 is 6.25. The van der Waals surface area contributed by atoms with Crippen LogP contribution in [0.4, 0.5) is 5.69 Å². The molecule has 39 heavy (non-hydrogen) atoms. The van der Waals surface area contributed by atoms with Gasteiger partial charge in [0, 0.05) is 17.6 Å². The lowest BCUT2D eigenvalue weighted by molar-refractivity contribution is -0.139. The number of benzene rings is 3. The van der Waals surface area contributed by atoms with E-state index >= 15 is 0 Å². The molecule has 0 unspecified atom stereocenters. The standard InChI is InChI=1S/C29H34ClN3O5S/c1-20(2)31-29(35)22(4)32(18-23-11-9-10-21(3)16-23)28(34)19-33(26-17-24(30)14-15-27(26)38-5)39(36,37)25-12-7-6-8-13-25/h6-17,20,22H,18-19H2,1-5H3,(H,31,35)/t22-/m1/s1. The molecule has 0 fully saturated rings. The van der Waals surface area contributed by atoms with Crippen molar-refractivity contribution in [2.45, 2.75) is 51.2 Å². The molecule has 10 heteroatoms. The zero-order valence-electron chi connectivity index (χ0n) is 22.7. The molecule has 2 amide bonds. The van der Waals surface area contributed by atoms with Crippen LogP contribution in [0.2, 0.25) is 5.02 Å². The second kappa shape index (κ2) is 13.0. The van der Waals surface area contributed by atoms with Crippen molar-refractivity contribution in [3.05, 3.63) is 88.9 Å². The summed E-state index contributed by atoms with van der Waals surface area (Å²) in [6, 6.07) is 18.9. The number of carbonyl (C=O) groups is 2. The van der Waals surface area contributed by atoms with Crippen LogP contribution in [0, 0.1) is 6.92 Å². The number of nitrogens with one attached hydrogen (secondary N) is 1. The predicted octanol–water partition coefficient (Wildman–Crippen LogP) is 4.79. The van der Waals surface area contributed by atoms with Gasteiger partial charge in [0.1, 0.15) is 18.3 Å². The number of hydrogen-bond acceptors (Lipinski definition) is 5.